The standard InChI is InChI=1S/C14H18BrN3O3/c15-11-9-10(1-2-12(11)16)14(20)17-4-3-13(19)18-5-7-21-8-6-18/h1-2,9H,3-8,16H2,(H,17,20). The van der Waals surface area contributed by atoms with E-state index >= 15 is 0 Å². The molecule has 0 spiro atoms. The molecule has 0 saturated carbocycles. The first-order chi connectivity index (χ1) is 10.1. The van der Waals surface area contributed by atoms with E-state index in [2.05, 4.69) is 21.2 Å². The van der Waals surface area contributed by atoms with Crippen molar-refractivity contribution in [3.8, 4) is 0 Å². The summed E-state index contributed by atoms with van der Waals surface area (Å²) >= 11 is 3.28. The highest BCUT2D eigenvalue weighted by Gasteiger charge is 2.16. The fourth-order valence-corrected chi connectivity index (χ4v) is 2.40. The lowest BCUT2D eigenvalue weighted by Gasteiger charge is -2.26. The molecule has 1 heterocycles. The van der Waals surface area contributed by atoms with Gasteiger partial charge in [0.05, 0.1) is 13.2 Å². The molecule has 7 heteroatoms. The van der Waals surface area contributed by atoms with Crippen molar-refractivity contribution in [1.29, 1.82) is 0 Å². The number of anilines is 1. The van der Waals surface area contributed by atoms with Crippen molar-refractivity contribution in [2.45, 2.75) is 6.42 Å². The Morgan fingerprint density at radius 3 is 2.71 bits per heavy atom. The van der Waals surface area contributed by atoms with Gasteiger partial charge in [-0.3, -0.25) is 9.59 Å². The Kier molecular flexibility index (Phi) is 5.58. The van der Waals surface area contributed by atoms with E-state index in [9.17, 15) is 9.59 Å². The van der Waals surface area contributed by atoms with Crippen LogP contribution in [0, 0.1) is 0 Å². The Hall–Kier alpha value is -1.60. The van der Waals surface area contributed by atoms with Crippen LogP contribution >= 0.6 is 15.9 Å². The van der Waals surface area contributed by atoms with E-state index in [0.717, 1.165) is 0 Å². The van der Waals surface area contributed by atoms with Crippen LogP contribution in [-0.2, 0) is 9.53 Å². The van der Waals surface area contributed by atoms with Crippen LogP contribution in [0.2, 0.25) is 0 Å². The second-order valence-electron chi connectivity index (χ2n) is 4.74. The van der Waals surface area contributed by atoms with Gasteiger partial charge in [-0.25, -0.2) is 0 Å². The van der Waals surface area contributed by atoms with Gasteiger partial charge in [-0.1, -0.05) is 0 Å². The lowest BCUT2D eigenvalue weighted by atomic mass is 10.2. The molecule has 1 saturated heterocycles. The quantitative estimate of drug-likeness (QED) is 0.789. The Balaban J connectivity index is 1.78. The molecule has 1 fully saturated rings. The number of ether oxygens (including phenoxy) is 1. The zero-order chi connectivity index (χ0) is 15.2. The van der Waals surface area contributed by atoms with Crippen LogP contribution in [-0.4, -0.2) is 49.6 Å². The molecule has 1 aliphatic heterocycles. The zero-order valence-corrected chi connectivity index (χ0v) is 13.2. The van der Waals surface area contributed by atoms with E-state index in [1.165, 1.54) is 0 Å². The van der Waals surface area contributed by atoms with E-state index < -0.39 is 0 Å². The monoisotopic (exact) mass is 355 g/mol. The Bertz CT molecular complexity index is 530. The van der Waals surface area contributed by atoms with Gasteiger partial charge in [0.15, 0.2) is 0 Å². The highest BCUT2D eigenvalue weighted by atomic mass is 79.9. The number of amides is 2. The molecule has 2 amide bonds. The van der Waals surface area contributed by atoms with Gasteiger partial charge in [0, 0.05) is 41.8 Å². The largest absolute Gasteiger partial charge is 0.398 e. The Morgan fingerprint density at radius 2 is 2.05 bits per heavy atom. The Labute approximate surface area is 131 Å². The molecule has 0 bridgehead atoms. The second kappa shape index (κ2) is 7.42. The van der Waals surface area contributed by atoms with Gasteiger partial charge in [0.2, 0.25) is 5.91 Å². The third-order valence-corrected chi connectivity index (χ3v) is 3.94. The smallest absolute Gasteiger partial charge is 0.251 e. The molecule has 0 aliphatic carbocycles. The molecule has 0 atom stereocenters. The average Bonchev–Trinajstić information content (AvgIpc) is 2.50. The molecule has 6 nitrogen and oxygen atoms in total. The molecule has 21 heavy (non-hydrogen) atoms. The summed E-state index contributed by atoms with van der Waals surface area (Å²) in [5.74, 6) is -0.178. The maximum Gasteiger partial charge on any atom is 0.251 e. The number of nitrogens with one attached hydrogen (secondary N) is 1. The number of carbonyl (C=O) groups is 2. The van der Waals surface area contributed by atoms with Crippen LogP contribution in [0.15, 0.2) is 22.7 Å². The first kappa shape index (κ1) is 15.8. The fourth-order valence-electron chi connectivity index (χ4n) is 2.02. The number of hydrogen-bond acceptors (Lipinski definition) is 4. The highest BCUT2D eigenvalue weighted by molar-refractivity contribution is 9.10. The first-order valence-electron chi connectivity index (χ1n) is 6.76. The predicted molar refractivity (Wildman–Crippen MR) is 82.9 cm³/mol. The Morgan fingerprint density at radius 1 is 1.33 bits per heavy atom. The number of nitrogen functional groups attached to an aromatic ring is 1. The van der Waals surface area contributed by atoms with E-state index in [4.69, 9.17) is 10.5 Å². The van der Waals surface area contributed by atoms with Crippen LogP contribution in [0.4, 0.5) is 5.69 Å². The minimum atomic E-state index is -0.217. The number of halogens is 1. The SMILES string of the molecule is Nc1ccc(C(=O)NCCC(=O)N2CCOCC2)cc1Br. The summed E-state index contributed by atoms with van der Waals surface area (Å²) in [7, 11) is 0. The average molecular weight is 356 g/mol. The molecule has 3 N–H and O–H groups in total. The topological polar surface area (TPSA) is 84.7 Å². The van der Waals surface area contributed by atoms with Crippen LogP contribution < -0.4 is 11.1 Å². The number of nitrogens with zero attached hydrogens (tertiary/aromatic N) is 1. The van der Waals surface area contributed by atoms with Gasteiger partial charge in [0.25, 0.3) is 5.91 Å². The first-order valence-corrected chi connectivity index (χ1v) is 7.56. The summed E-state index contributed by atoms with van der Waals surface area (Å²) in [6.07, 6.45) is 0.294. The lowest BCUT2D eigenvalue weighted by Crippen LogP contribution is -2.42. The summed E-state index contributed by atoms with van der Waals surface area (Å²) < 4.78 is 5.87. The maximum absolute atomic E-state index is 11.9. The van der Waals surface area contributed by atoms with Crippen molar-refractivity contribution in [2.24, 2.45) is 0 Å². The van der Waals surface area contributed by atoms with Gasteiger partial charge in [-0.15, -0.1) is 0 Å². The van der Waals surface area contributed by atoms with E-state index in [-0.39, 0.29) is 11.8 Å². The van der Waals surface area contributed by atoms with Gasteiger partial charge in [-0.05, 0) is 34.1 Å². The zero-order valence-electron chi connectivity index (χ0n) is 11.6. The normalized spacial score (nSPS) is 14.8. The number of hydrogen-bond donors (Lipinski definition) is 2. The molecule has 1 aromatic rings. The molecule has 1 aromatic carbocycles. The molecule has 114 valence electrons. The molecular weight excluding hydrogens is 338 g/mol. The van der Waals surface area contributed by atoms with Crippen molar-refractivity contribution >= 4 is 33.4 Å². The minimum absolute atomic E-state index is 0.0390. The number of benzene rings is 1. The maximum atomic E-state index is 11.9. The van der Waals surface area contributed by atoms with Crippen LogP contribution in [0.25, 0.3) is 0 Å². The summed E-state index contributed by atoms with van der Waals surface area (Å²) in [6, 6.07) is 4.98. The van der Waals surface area contributed by atoms with Gasteiger partial charge < -0.3 is 20.7 Å². The molecule has 2 rings (SSSR count). The summed E-state index contributed by atoms with van der Waals surface area (Å²) in [4.78, 5) is 25.6. The molecule has 0 unspecified atom stereocenters. The summed E-state index contributed by atoms with van der Waals surface area (Å²) in [5, 5.41) is 2.74. The van der Waals surface area contributed by atoms with E-state index in [0.29, 0.717) is 55.0 Å². The van der Waals surface area contributed by atoms with Crippen LogP contribution in [0.1, 0.15) is 16.8 Å². The van der Waals surface area contributed by atoms with Crippen LogP contribution in [0.5, 0.6) is 0 Å². The molecule has 1 aliphatic rings. The third kappa shape index (κ3) is 4.44. The van der Waals surface area contributed by atoms with Gasteiger partial charge in [0.1, 0.15) is 0 Å². The fraction of sp³-hybridized carbons (Fsp3) is 0.429. The second-order valence-corrected chi connectivity index (χ2v) is 5.59. The van der Waals surface area contributed by atoms with Gasteiger partial charge in [-0.2, -0.15) is 0 Å². The van der Waals surface area contributed by atoms with Crippen LogP contribution in [0.3, 0.4) is 0 Å². The van der Waals surface area contributed by atoms with E-state index in [1.807, 2.05) is 0 Å². The summed E-state index contributed by atoms with van der Waals surface area (Å²) in [6.45, 7) is 2.72. The number of carbonyl (C=O) groups excluding carboxylic acids is 2. The molecular formula is C14H18BrN3O3. The van der Waals surface area contributed by atoms with Crippen molar-refractivity contribution in [3.63, 3.8) is 0 Å². The van der Waals surface area contributed by atoms with Gasteiger partial charge >= 0.3 is 0 Å². The van der Waals surface area contributed by atoms with Crippen molar-refractivity contribution < 1.29 is 14.3 Å². The third-order valence-electron chi connectivity index (χ3n) is 3.25. The lowest BCUT2D eigenvalue weighted by molar-refractivity contribution is -0.135. The predicted octanol–water partition coefficient (Wildman–Crippen LogP) is 1.01. The number of rotatable bonds is 4. The van der Waals surface area contributed by atoms with Crippen molar-refractivity contribution in [2.75, 3.05) is 38.6 Å². The number of nitrogens with two attached hydrogens (primary N) is 1. The van der Waals surface area contributed by atoms with Crippen molar-refractivity contribution in [3.05, 3.63) is 28.2 Å². The van der Waals surface area contributed by atoms with Crippen molar-refractivity contribution in [1.82, 2.24) is 10.2 Å². The molecule has 0 radical (unpaired) electrons. The van der Waals surface area contributed by atoms with E-state index in [1.54, 1.807) is 23.1 Å². The molecule has 0 aromatic heterocycles. The summed E-state index contributed by atoms with van der Waals surface area (Å²) in [5.41, 5.74) is 6.76. The highest BCUT2D eigenvalue weighted by Crippen LogP contribution is 2.20. The minimum Gasteiger partial charge on any atom is -0.398 e. The number of morpholine rings is 1.